The SMILES string of the molecule is COC(=O)c1ncn[nH]1.CP(=O)(OCc1ccccc1)OC[C@@H]1CCC(O)O1.N.NC(=O)c1ncn[nH]1.O.O=C(O)c1ncn[nH]1.O=C1CC[C@@H](CO)O1.O=P(O)(O)OC[C@@H]1CCC(O)O1.OC[C@@H]1CCC(O)O1.[Na+].[OH-]. The molecule has 1 aromatic carbocycles. The molecule has 4 aliphatic rings. The van der Waals surface area contributed by atoms with Crippen LogP contribution in [-0.2, 0) is 57.8 Å². The zero-order valence-electron chi connectivity index (χ0n) is 41.5. The van der Waals surface area contributed by atoms with E-state index in [4.69, 9.17) is 64.3 Å². The van der Waals surface area contributed by atoms with Crippen LogP contribution in [0.4, 0.5) is 0 Å². The standard InChI is InChI=1S/C13H19O5P.C5H11O6P.C5H10O3.C5H8O3.C4H5N3O2.C3H4N4O.C3H3N3O2.H3N.Na.2H2O/c1-19(15,16-9-11-5-3-2-4-6-11)17-10-12-7-8-13(14)18-12;6-5-2-1-4(11-5)3-10-12(7,8)9;2*6-3-4-1-2-5(7)8-4;1-9-4(8)3-5-2-6-7-3;4-2(8)3-5-1-6-7-3;7-3(8)2-4-1-5-6-2;;;;/h2-6,12-14H,7-10H2,1H3;4-6H,1-3H2,(H2,7,8,9);4-7H,1-3H2;4,6H,1-3H2;2H,1H3,(H,5,6,7);1H,(H2,4,8)(H,5,6,7);1H,(H,7,8)(H,4,5,6);1H3;;2*1H2/q;;;;;;;;+1;;/p-1/t12-,13?,19?;2*4-,5?;4-;;;;;;;/m0000......./s1. The second-order valence-corrected chi connectivity index (χ2v) is 18.0. The van der Waals surface area contributed by atoms with Gasteiger partial charge in [0.05, 0.1) is 58.5 Å². The minimum absolute atomic E-state index is 0. The van der Waals surface area contributed by atoms with Crippen molar-refractivity contribution in [1.82, 2.24) is 51.7 Å². The second-order valence-electron chi connectivity index (χ2n) is 14.7. The molecule has 0 radical (unpaired) electrons. The third-order valence-electron chi connectivity index (χ3n) is 8.92. The number of rotatable bonds is 14. The number of aromatic nitrogens is 9. The summed E-state index contributed by atoms with van der Waals surface area (Å²) in [6.45, 7) is 1.69. The van der Waals surface area contributed by atoms with E-state index in [0.29, 0.717) is 44.9 Å². The van der Waals surface area contributed by atoms with Crippen LogP contribution in [0.3, 0.4) is 0 Å². The molecule has 428 valence electrons. The van der Waals surface area contributed by atoms with E-state index in [2.05, 4.69) is 59.5 Å². The average Bonchev–Trinajstić information content (AvgIpc) is 4.21. The van der Waals surface area contributed by atoms with Gasteiger partial charge >= 0.3 is 62.9 Å². The number of carboxylic acids is 1. The summed E-state index contributed by atoms with van der Waals surface area (Å²) in [5.41, 5.74) is 5.73. The van der Waals surface area contributed by atoms with Crippen LogP contribution >= 0.6 is 15.4 Å². The van der Waals surface area contributed by atoms with Crippen LogP contribution in [0.5, 0.6) is 0 Å². The molecule has 4 fully saturated rings. The average molecular weight is 1150 g/mol. The van der Waals surface area contributed by atoms with E-state index < -0.39 is 58.2 Å². The smallest absolute Gasteiger partial charge is 0.870 e. The van der Waals surface area contributed by atoms with Crippen molar-refractivity contribution in [3.05, 3.63) is 72.4 Å². The number of nitrogens with one attached hydrogen (secondary N) is 3. The Kier molecular flexibility index (Phi) is 41.2. The molecule has 8 atom stereocenters. The fraction of sp³-hybridized carbons (Fsp3) is 0.579. The number of carbonyl (C=O) groups is 4. The summed E-state index contributed by atoms with van der Waals surface area (Å²) in [6.07, 6.45) is 5.38. The van der Waals surface area contributed by atoms with Crippen LogP contribution in [0.25, 0.3) is 0 Å². The molecule has 0 aliphatic carbocycles. The van der Waals surface area contributed by atoms with Gasteiger partial charge in [0.25, 0.3) is 5.91 Å². The number of carboxylic acid groups (broad SMARTS) is 1. The molecule has 1 amide bonds. The van der Waals surface area contributed by atoms with Crippen LogP contribution in [0.2, 0.25) is 0 Å². The quantitative estimate of drug-likeness (QED) is 0.0321. The molecule has 0 saturated carbocycles. The number of nitrogens with two attached hydrogens (primary N) is 1. The second kappa shape index (κ2) is 41.4. The van der Waals surface area contributed by atoms with Crippen molar-refractivity contribution in [2.45, 2.75) is 101 Å². The van der Waals surface area contributed by atoms with Crippen molar-refractivity contribution >= 4 is 39.2 Å². The third kappa shape index (κ3) is 34.9. The maximum atomic E-state index is 12.1. The van der Waals surface area contributed by atoms with E-state index in [-0.39, 0.29) is 121 Å². The Balaban J connectivity index is -0.000000835. The van der Waals surface area contributed by atoms with Crippen molar-refractivity contribution in [2.24, 2.45) is 5.73 Å². The van der Waals surface area contributed by atoms with E-state index in [1.54, 1.807) is 0 Å². The van der Waals surface area contributed by atoms with Crippen LogP contribution < -0.4 is 41.4 Å². The maximum absolute atomic E-state index is 12.1. The van der Waals surface area contributed by atoms with Crippen molar-refractivity contribution in [3.63, 3.8) is 0 Å². The van der Waals surface area contributed by atoms with Gasteiger partial charge in [-0.05, 0) is 31.2 Å². The number of phosphoric acid groups is 1. The number of nitrogens with zero attached hydrogens (tertiary/aromatic N) is 6. The first-order valence-corrected chi connectivity index (χ1v) is 24.8. The maximum Gasteiger partial charge on any atom is 1.00 e. The van der Waals surface area contributed by atoms with Gasteiger partial charge in [-0.15, -0.1) is 0 Å². The predicted octanol–water partition coefficient (Wildman–Crippen LogP) is -4.54. The number of cyclic esters (lactones) is 1. The first-order chi connectivity index (χ1) is 34.1. The molecule has 0 bridgehead atoms. The minimum Gasteiger partial charge on any atom is -0.870 e. The molecule has 0 spiro atoms. The minimum atomic E-state index is -4.40. The number of phosphoric ester groups is 1. The fourth-order valence-electron chi connectivity index (χ4n) is 5.39. The molecule has 4 aromatic rings. The molecule has 3 aromatic heterocycles. The number of hydrogen-bond acceptors (Lipinski definition) is 27. The van der Waals surface area contributed by atoms with Crippen LogP contribution in [0.15, 0.2) is 49.3 Å². The Hall–Kier alpha value is -4.66. The van der Waals surface area contributed by atoms with Gasteiger partial charge in [-0.25, -0.2) is 29.1 Å². The summed E-state index contributed by atoms with van der Waals surface area (Å²) in [5.74, 6) is -2.31. The monoisotopic (exact) mass is 1150 g/mol. The zero-order chi connectivity index (χ0) is 53.5. The Morgan fingerprint density at radius 1 is 0.711 bits per heavy atom. The van der Waals surface area contributed by atoms with Crippen molar-refractivity contribution < 1.29 is 146 Å². The van der Waals surface area contributed by atoms with E-state index in [1.807, 2.05) is 30.3 Å². The predicted molar refractivity (Wildman–Crippen MR) is 249 cm³/mol. The number of ether oxygens (including phenoxy) is 5. The van der Waals surface area contributed by atoms with Crippen molar-refractivity contribution in [3.8, 4) is 0 Å². The van der Waals surface area contributed by atoms with Crippen molar-refractivity contribution in [2.75, 3.05) is 40.2 Å². The molecule has 38 heteroatoms. The molecular weight excluding hydrogens is 1080 g/mol. The van der Waals surface area contributed by atoms with Crippen molar-refractivity contribution in [1.29, 1.82) is 0 Å². The summed E-state index contributed by atoms with van der Waals surface area (Å²) >= 11 is 0. The number of methoxy groups -OCH3 is 1. The van der Waals surface area contributed by atoms with E-state index in [1.165, 1.54) is 26.4 Å². The number of benzene rings is 1. The number of aliphatic hydroxyl groups excluding tert-OH is 5. The van der Waals surface area contributed by atoms with Crippen LogP contribution in [-0.4, -0.2) is 204 Å². The van der Waals surface area contributed by atoms with Gasteiger partial charge in [-0.2, -0.15) is 15.3 Å². The summed E-state index contributed by atoms with van der Waals surface area (Å²) < 4.78 is 60.9. The fourth-order valence-corrected chi connectivity index (χ4v) is 6.64. The van der Waals surface area contributed by atoms with E-state index >= 15 is 0 Å². The summed E-state index contributed by atoms with van der Waals surface area (Å²) in [6, 6.07) is 9.50. The van der Waals surface area contributed by atoms with Gasteiger partial charge in [0, 0.05) is 32.3 Å². The first kappa shape index (κ1) is 75.6. The van der Waals surface area contributed by atoms with Gasteiger partial charge in [-0.3, -0.25) is 34.0 Å². The van der Waals surface area contributed by atoms with Gasteiger partial charge < -0.3 is 96.0 Å². The number of amides is 1. The number of primary amides is 1. The van der Waals surface area contributed by atoms with Crippen LogP contribution in [0, 0.1) is 0 Å². The van der Waals surface area contributed by atoms with Gasteiger partial charge in [-0.1, -0.05) is 30.3 Å². The molecule has 8 rings (SSSR count). The van der Waals surface area contributed by atoms with Gasteiger partial charge in [0.1, 0.15) is 25.1 Å². The molecular formula is C38H66N11NaO24P2. The number of aliphatic hydroxyl groups is 5. The number of carbonyl (C=O) groups excluding carboxylic acids is 3. The Morgan fingerprint density at radius 2 is 1.16 bits per heavy atom. The summed E-state index contributed by atoms with van der Waals surface area (Å²) in [5, 5.41) is 68.8. The largest absolute Gasteiger partial charge is 1.00 e. The van der Waals surface area contributed by atoms with E-state index in [0.717, 1.165) is 18.3 Å². The van der Waals surface area contributed by atoms with E-state index in [9.17, 15) is 33.4 Å². The number of H-pyrrole nitrogens is 3. The number of hydrogen-bond donors (Lipinski definition) is 13. The molecule has 7 heterocycles. The Bertz CT molecular complexity index is 2160. The Morgan fingerprint density at radius 3 is 1.46 bits per heavy atom. The topological polar surface area (TPSA) is 585 Å². The Labute approximate surface area is 455 Å². The number of aromatic amines is 3. The first-order valence-electron chi connectivity index (χ1n) is 21.3. The number of aromatic carboxylic acids is 1. The molecule has 19 N–H and O–H groups in total. The van der Waals surface area contributed by atoms with Crippen LogP contribution in [0.1, 0.15) is 88.8 Å². The summed E-state index contributed by atoms with van der Waals surface area (Å²) in [7, 11) is -6.21. The third-order valence-corrected chi connectivity index (χ3v) is 10.6. The zero-order valence-corrected chi connectivity index (χ0v) is 45.2. The molecule has 4 aliphatic heterocycles. The normalized spacial score (nSPS) is 21.4. The molecule has 35 nitrogen and oxygen atoms in total. The molecule has 4 saturated heterocycles. The summed E-state index contributed by atoms with van der Waals surface area (Å²) in [4.78, 5) is 67.9. The molecule has 4 unspecified atom stereocenters. The molecule has 76 heavy (non-hydrogen) atoms. The van der Waals surface area contributed by atoms with Gasteiger partial charge in [0.2, 0.25) is 17.5 Å². The van der Waals surface area contributed by atoms with Gasteiger partial charge in [0.15, 0.2) is 18.9 Å². The number of esters is 2.